The van der Waals surface area contributed by atoms with Crippen molar-refractivity contribution in [3.05, 3.63) is 5.82 Å². The zero-order valence-electron chi connectivity index (χ0n) is 9.41. The lowest BCUT2D eigenvalue weighted by Gasteiger charge is -2.15. The van der Waals surface area contributed by atoms with Gasteiger partial charge in [0, 0.05) is 10.8 Å². The zero-order valence-corrected chi connectivity index (χ0v) is 10.2. The predicted octanol–water partition coefficient (Wildman–Crippen LogP) is 2.68. The summed E-state index contributed by atoms with van der Waals surface area (Å²) in [7, 11) is 0. The molecule has 0 spiro atoms. The van der Waals surface area contributed by atoms with Crippen LogP contribution < -0.4 is 5.32 Å². The molecule has 0 aliphatic heterocycles. The number of thioether (sulfide) groups is 1. The van der Waals surface area contributed by atoms with E-state index in [0.29, 0.717) is 12.1 Å². The second kappa shape index (κ2) is 4.04. The van der Waals surface area contributed by atoms with Crippen molar-refractivity contribution in [2.75, 3.05) is 5.32 Å². The first-order valence-corrected chi connectivity index (χ1v) is 6.24. The van der Waals surface area contributed by atoms with Gasteiger partial charge in [0.1, 0.15) is 0 Å². The van der Waals surface area contributed by atoms with Crippen LogP contribution >= 0.6 is 11.8 Å². The SMILES string of the molecule is CC(C)(C)SCc1noc(NC2CC2)n1. The molecule has 0 amide bonds. The molecule has 1 aliphatic carbocycles. The van der Waals surface area contributed by atoms with E-state index < -0.39 is 0 Å². The maximum Gasteiger partial charge on any atom is 0.321 e. The van der Waals surface area contributed by atoms with Crippen molar-refractivity contribution in [1.29, 1.82) is 0 Å². The van der Waals surface area contributed by atoms with Gasteiger partial charge in [-0.25, -0.2) is 0 Å². The standard InChI is InChI=1S/C10H17N3OS/c1-10(2,3)15-6-8-12-9(14-13-8)11-7-4-5-7/h7H,4-6H2,1-3H3,(H,11,12,13). The summed E-state index contributed by atoms with van der Waals surface area (Å²) in [5.41, 5.74) is 0. The highest BCUT2D eigenvalue weighted by Crippen LogP contribution is 2.27. The van der Waals surface area contributed by atoms with Gasteiger partial charge in [-0.05, 0) is 12.8 Å². The molecule has 15 heavy (non-hydrogen) atoms. The summed E-state index contributed by atoms with van der Waals surface area (Å²) in [5, 5.41) is 7.11. The average molecular weight is 227 g/mol. The highest BCUT2D eigenvalue weighted by atomic mass is 32.2. The van der Waals surface area contributed by atoms with Crippen molar-refractivity contribution in [3.8, 4) is 0 Å². The van der Waals surface area contributed by atoms with Crippen LogP contribution in [0.3, 0.4) is 0 Å². The quantitative estimate of drug-likeness (QED) is 0.857. The normalized spacial score (nSPS) is 16.7. The Kier molecular flexibility index (Phi) is 2.91. The molecule has 1 N–H and O–H groups in total. The molecule has 1 aromatic heterocycles. The Morgan fingerprint density at radius 2 is 2.20 bits per heavy atom. The van der Waals surface area contributed by atoms with Crippen molar-refractivity contribution < 1.29 is 4.52 Å². The first kappa shape index (κ1) is 10.8. The lowest BCUT2D eigenvalue weighted by Crippen LogP contribution is -2.08. The Morgan fingerprint density at radius 3 is 2.80 bits per heavy atom. The molecule has 0 aromatic carbocycles. The molecule has 0 unspecified atom stereocenters. The van der Waals surface area contributed by atoms with E-state index in [-0.39, 0.29) is 4.75 Å². The Morgan fingerprint density at radius 1 is 1.47 bits per heavy atom. The Balaban J connectivity index is 1.83. The van der Waals surface area contributed by atoms with Gasteiger partial charge in [0.15, 0.2) is 5.82 Å². The van der Waals surface area contributed by atoms with Crippen LogP contribution in [0.15, 0.2) is 4.52 Å². The van der Waals surface area contributed by atoms with E-state index in [0.717, 1.165) is 11.6 Å². The zero-order chi connectivity index (χ0) is 10.9. The molecule has 1 fully saturated rings. The van der Waals surface area contributed by atoms with Gasteiger partial charge in [-0.2, -0.15) is 4.98 Å². The highest BCUT2D eigenvalue weighted by Gasteiger charge is 2.23. The summed E-state index contributed by atoms with van der Waals surface area (Å²) in [5.74, 6) is 1.58. The Bertz CT molecular complexity index is 328. The van der Waals surface area contributed by atoms with Crippen molar-refractivity contribution in [2.24, 2.45) is 0 Å². The topological polar surface area (TPSA) is 51.0 Å². The molecule has 0 saturated heterocycles. The molecule has 1 saturated carbocycles. The first-order valence-electron chi connectivity index (χ1n) is 5.26. The molecule has 2 rings (SSSR count). The second-order valence-electron chi connectivity index (χ2n) is 4.84. The summed E-state index contributed by atoms with van der Waals surface area (Å²) < 4.78 is 5.34. The lowest BCUT2D eigenvalue weighted by molar-refractivity contribution is 0.424. The number of rotatable bonds is 4. The number of anilines is 1. The van der Waals surface area contributed by atoms with E-state index >= 15 is 0 Å². The molecule has 1 heterocycles. The number of aromatic nitrogens is 2. The summed E-state index contributed by atoms with van der Waals surface area (Å²) in [6.07, 6.45) is 2.43. The van der Waals surface area contributed by atoms with E-state index in [1.54, 1.807) is 0 Å². The van der Waals surface area contributed by atoms with E-state index in [9.17, 15) is 0 Å². The van der Waals surface area contributed by atoms with Gasteiger partial charge in [0.2, 0.25) is 0 Å². The van der Waals surface area contributed by atoms with Gasteiger partial charge in [0.25, 0.3) is 0 Å². The van der Waals surface area contributed by atoms with Crippen LogP contribution in [-0.4, -0.2) is 20.9 Å². The molecule has 4 nitrogen and oxygen atoms in total. The lowest BCUT2D eigenvalue weighted by atomic mass is 10.3. The highest BCUT2D eigenvalue weighted by molar-refractivity contribution is 7.99. The molecular weight excluding hydrogens is 210 g/mol. The molecule has 5 heteroatoms. The fourth-order valence-electron chi connectivity index (χ4n) is 1.05. The maximum absolute atomic E-state index is 5.10. The van der Waals surface area contributed by atoms with Crippen LogP contribution in [-0.2, 0) is 5.75 Å². The van der Waals surface area contributed by atoms with Gasteiger partial charge >= 0.3 is 6.01 Å². The van der Waals surface area contributed by atoms with Crippen molar-refractivity contribution >= 4 is 17.8 Å². The fraction of sp³-hybridized carbons (Fsp3) is 0.800. The smallest absolute Gasteiger partial charge is 0.321 e. The Hall–Kier alpha value is -0.710. The number of hydrogen-bond acceptors (Lipinski definition) is 5. The molecule has 0 bridgehead atoms. The number of nitrogens with one attached hydrogen (secondary N) is 1. The minimum absolute atomic E-state index is 0.241. The molecular formula is C10H17N3OS. The van der Waals surface area contributed by atoms with E-state index in [2.05, 4.69) is 36.2 Å². The minimum atomic E-state index is 0.241. The third-order valence-corrected chi connectivity index (χ3v) is 3.28. The van der Waals surface area contributed by atoms with Crippen molar-refractivity contribution in [1.82, 2.24) is 10.1 Å². The predicted molar refractivity (Wildman–Crippen MR) is 62.0 cm³/mol. The summed E-state index contributed by atoms with van der Waals surface area (Å²) in [6.45, 7) is 6.54. The van der Waals surface area contributed by atoms with Crippen LogP contribution in [0.25, 0.3) is 0 Å². The molecule has 1 aromatic rings. The number of hydrogen-bond donors (Lipinski definition) is 1. The van der Waals surface area contributed by atoms with Crippen LogP contribution in [0, 0.1) is 0 Å². The van der Waals surface area contributed by atoms with Crippen LogP contribution in [0.5, 0.6) is 0 Å². The summed E-state index contributed by atoms with van der Waals surface area (Å²) >= 11 is 1.82. The third kappa shape index (κ3) is 3.74. The molecule has 0 radical (unpaired) electrons. The second-order valence-corrected chi connectivity index (χ2v) is 6.64. The van der Waals surface area contributed by atoms with Gasteiger partial charge in [0.05, 0.1) is 5.75 Å². The van der Waals surface area contributed by atoms with Crippen LogP contribution in [0.2, 0.25) is 0 Å². The summed E-state index contributed by atoms with van der Waals surface area (Å²) in [4.78, 5) is 4.28. The number of nitrogens with zero attached hydrogens (tertiary/aromatic N) is 2. The molecule has 0 atom stereocenters. The molecule has 84 valence electrons. The van der Waals surface area contributed by atoms with Gasteiger partial charge in [-0.1, -0.05) is 25.9 Å². The first-order chi connectivity index (χ1) is 7.03. The van der Waals surface area contributed by atoms with E-state index in [1.165, 1.54) is 12.8 Å². The third-order valence-electron chi connectivity index (χ3n) is 2.01. The summed E-state index contributed by atoms with van der Waals surface area (Å²) in [6, 6.07) is 1.13. The Labute approximate surface area is 94.2 Å². The largest absolute Gasteiger partial charge is 0.335 e. The minimum Gasteiger partial charge on any atom is -0.335 e. The van der Waals surface area contributed by atoms with Crippen molar-refractivity contribution in [3.63, 3.8) is 0 Å². The fourth-order valence-corrected chi connectivity index (χ4v) is 1.73. The molecule has 1 aliphatic rings. The van der Waals surface area contributed by atoms with Gasteiger partial charge in [-0.15, -0.1) is 11.8 Å². The van der Waals surface area contributed by atoms with E-state index in [1.807, 2.05) is 11.8 Å². The van der Waals surface area contributed by atoms with Crippen LogP contribution in [0.4, 0.5) is 6.01 Å². The van der Waals surface area contributed by atoms with E-state index in [4.69, 9.17) is 4.52 Å². The average Bonchev–Trinajstić information content (AvgIpc) is 2.79. The van der Waals surface area contributed by atoms with Gasteiger partial charge in [-0.3, -0.25) is 0 Å². The van der Waals surface area contributed by atoms with Crippen molar-refractivity contribution in [2.45, 2.75) is 50.2 Å². The van der Waals surface area contributed by atoms with Crippen LogP contribution in [0.1, 0.15) is 39.4 Å². The maximum atomic E-state index is 5.10. The van der Waals surface area contributed by atoms with Gasteiger partial charge < -0.3 is 9.84 Å². The monoisotopic (exact) mass is 227 g/mol.